The smallest absolute Gasteiger partial charge is 0.306 e. The van der Waals surface area contributed by atoms with E-state index < -0.39 is 26.5 Å². The number of quaternary nitrogens is 1. The van der Waals surface area contributed by atoms with Gasteiger partial charge >= 0.3 is 11.9 Å². The lowest BCUT2D eigenvalue weighted by Crippen LogP contribution is -2.37. The highest BCUT2D eigenvalue weighted by atomic mass is 31.2. The number of likely N-dealkylation sites (N-methyl/N-ethyl adjacent to an activating group) is 1. The summed E-state index contributed by atoms with van der Waals surface area (Å²) >= 11 is 0. The van der Waals surface area contributed by atoms with Gasteiger partial charge in [-0.3, -0.25) is 14.2 Å². The van der Waals surface area contributed by atoms with Crippen molar-refractivity contribution in [3.05, 3.63) is 122 Å². The Morgan fingerprint density at radius 2 is 0.633 bits per heavy atom. The van der Waals surface area contributed by atoms with Crippen molar-refractivity contribution in [2.75, 3.05) is 47.5 Å². The van der Waals surface area contributed by atoms with Gasteiger partial charge in [0.15, 0.2) is 6.10 Å². The molecule has 0 amide bonds. The van der Waals surface area contributed by atoms with E-state index in [1.807, 2.05) is 21.1 Å². The first-order valence-electron chi connectivity index (χ1n) is 37.2. The molecule has 0 bridgehead atoms. The van der Waals surface area contributed by atoms with E-state index in [1.165, 1.54) is 193 Å². The van der Waals surface area contributed by atoms with Crippen LogP contribution >= 0.6 is 7.82 Å². The number of carbonyl (C=O) groups excluding carboxylic acids is 2. The van der Waals surface area contributed by atoms with Crippen molar-refractivity contribution in [3.8, 4) is 0 Å². The first kappa shape index (κ1) is 86.4. The molecule has 0 aliphatic heterocycles. The molecule has 0 aromatic heterocycles. The fourth-order valence-corrected chi connectivity index (χ4v) is 11.0. The van der Waals surface area contributed by atoms with Gasteiger partial charge in [0.1, 0.15) is 19.8 Å². The number of rotatable bonds is 68. The first-order valence-corrected chi connectivity index (χ1v) is 38.7. The van der Waals surface area contributed by atoms with Gasteiger partial charge in [-0.15, -0.1) is 0 Å². The highest BCUT2D eigenvalue weighted by molar-refractivity contribution is 7.45. The maximum Gasteiger partial charge on any atom is 0.306 e. The SMILES string of the molecule is CC/C=C\C/C=C\C/C=C\C/C=C\C/C=C\C/C=C\C/C=C\C/C=C\CCCCCCCCCCCCCCCCC(=O)OC(COC(=O)CCCCCCCCCCCCCCCCC/C=C\C/C=C\CCCCCCC)COP(=O)([O-])OCC[N+](C)(C)C. The summed E-state index contributed by atoms with van der Waals surface area (Å²) in [5, 5.41) is 0. The van der Waals surface area contributed by atoms with Gasteiger partial charge in [0.05, 0.1) is 27.7 Å². The second kappa shape index (κ2) is 69.7. The van der Waals surface area contributed by atoms with E-state index in [0.717, 1.165) is 96.3 Å². The molecule has 0 rings (SSSR count). The molecule has 90 heavy (non-hydrogen) atoms. The van der Waals surface area contributed by atoms with Crippen LogP contribution < -0.4 is 4.89 Å². The second-order valence-electron chi connectivity index (χ2n) is 25.9. The van der Waals surface area contributed by atoms with Crippen LogP contribution in [-0.2, 0) is 32.7 Å². The zero-order chi connectivity index (χ0) is 65.5. The molecule has 0 N–H and O–H groups in total. The third-order valence-electron chi connectivity index (χ3n) is 16.0. The Bertz CT molecular complexity index is 1940. The van der Waals surface area contributed by atoms with Crippen molar-refractivity contribution in [1.82, 2.24) is 0 Å². The average Bonchev–Trinajstić information content (AvgIpc) is 3.58. The zero-order valence-electron chi connectivity index (χ0n) is 59.1. The summed E-state index contributed by atoms with van der Waals surface area (Å²) in [5.41, 5.74) is 0. The van der Waals surface area contributed by atoms with E-state index in [0.29, 0.717) is 17.4 Å². The molecule has 9 nitrogen and oxygen atoms in total. The number of unbranched alkanes of at least 4 members (excludes halogenated alkanes) is 34. The van der Waals surface area contributed by atoms with Crippen molar-refractivity contribution in [2.45, 2.75) is 328 Å². The molecule has 0 aliphatic rings. The number of phosphoric ester groups is 1. The van der Waals surface area contributed by atoms with Gasteiger partial charge in [-0.25, -0.2) is 0 Å². The van der Waals surface area contributed by atoms with Crippen LogP contribution in [0.4, 0.5) is 0 Å². The molecule has 10 heteroatoms. The van der Waals surface area contributed by atoms with Gasteiger partial charge < -0.3 is 27.9 Å². The number of nitrogens with zero attached hydrogens (tertiary/aromatic N) is 1. The zero-order valence-corrected chi connectivity index (χ0v) is 59.9. The van der Waals surface area contributed by atoms with Crippen LogP contribution in [0.2, 0.25) is 0 Å². The van der Waals surface area contributed by atoms with Gasteiger partial charge in [-0.1, -0.05) is 322 Å². The van der Waals surface area contributed by atoms with E-state index >= 15 is 0 Å². The van der Waals surface area contributed by atoms with E-state index in [-0.39, 0.29) is 32.0 Å². The van der Waals surface area contributed by atoms with Crippen LogP contribution in [0.3, 0.4) is 0 Å². The third-order valence-corrected chi connectivity index (χ3v) is 16.9. The Balaban J connectivity index is 4.02. The molecule has 0 aromatic carbocycles. The number of ether oxygens (including phenoxy) is 2. The van der Waals surface area contributed by atoms with E-state index in [4.69, 9.17) is 18.5 Å². The number of allylic oxidation sites excluding steroid dienone is 20. The first-order chi connectivity index (χ1) is 44.0. The molecule has 0 radical (unpaired) electrons. The molecule has 518 valence electrons. The van der Waals surface area contributed by atoms with Crippen LogP contribution in [0.25, 0.3) is 0 Å². The predicted molar refractivity (Wildman–Crippen MR) is 388 cm³/mol. The molecule has 0 saturated carbocycles. The average molecular weight is 1270 g/mol. The van der Waals surface area contributed by atoms with Gasteiger partial charge in [0.2, 0.25) is 0 Å². The van der Waals surface area contributed by atoms with Gasteiger partial charge in [-0.2, -0.15) is 0 Å². The van der Waals surface area contributed by atoms with Crippen LogP contribution in [0, 0.1) is 0 Å². The van der Waals surface area contributed by atoms with Crippen LogP contribution in [0.15, 0.2) is 122 Å². The molecule has 0 aliphatic carbocycles. The topological polar surface area (TPSA) is 111 Å². The van der Waals surface area contributed by atoms with Crippen LogP contribution in [-0.4, -0.2) is 70.0 Å². The van der Waals surface area contributed by atoms with Crippen molar-refractivity contribution in [1.29, 1.82) is 0 Å². The minimum absolute atomic E-state index is 0.0340. The predicted octanol–water partition coefficient (Wildman–Crippen LogP) is 24.0. The number of hydrogen-bond donors (Lipinski definition) is 0. The van der Waals surface area contributed by atoms with Crippen molar-refractivity contribution in [3.63, 3.8) is 0 Å². The van der Waals surface area contributed by atoms with Gasteiger partial charge in [0, 0.05) is 12.8 Å². The number of hydrogen-bond acceptors (Lipinski definition) is 8. The summed E-state index contributed by atoms with van der Waals surface area (Å²) in [7, 11) is 1.17. The summed E-state index contributed by atoms with van der Waals surface area (Å²) in [6.07, 6.45) is 100. The van der Waals surface area contributed by atoms with Crippen molar-refractivity contribution in [2.24, 2.45) is 0 Å². The quantitative estimate of drug-likeness (QED) is 0.0195. The molecule has 0 spiro atoms. The van der Waals surface area contributed by atoms with Crippen molar-refractivity contribution >= 4 is 19.8 Å². The summed E-state index contributed by atoms with van der Waals surface area (Å²) in [6, 6.07) is 0. The lowest BCUT2D eigenvalue weighted by Gasteiger charge is -2.28. The number of carbonyl (C=O) groups is 2. The number of esters is 2. The van der Waals surface area contributed by atoms with Crippen LogP contribution in [0.1, 0.15) is 322 Å². The molecular weight excluding hydrogens is 1130 g/mol. The molecule has 0 fully saturated rings. The molecule has 0 saturated heterocycles. The second-order valence-corrected chi connectivity index (χ2v) is 27.3. The van der Waals surface area contributed by atoms with E-state index in [1.54, 1.807) is 0 Å². The Labute approximate surface area is 556 Å². The van der Waals surface area contributed by atoms with Crippen LogP contribution in [0.5, 0.6) is 0 Å². The molecule has 0 aromatic rings. The molecule has 2 unspecified atom stereocenters. The van der Waals surface area contributed by atoms with E-state index in [2.05, 4.69) is 135 Å². The largest absolute Gasteiger partial charge is 0.756 e. The molecular formula is C80H140NO8P. The van der Waals surface area contributed by atoms with Gasteiger partial charge in [-0.05, 0) is 109 Å². The summed E-state index contributed by atoms with van der Waals surface area (Å²) in [4.78, 5) is 38.1. The monoisotopic (exact) mass is 1270 g/mol. The Morgan fingerprint density at radius 3 is 0.944 bits per heavy atom. The fourth-order valence-electron chi connectivity index (χ4n) is 10.3. The third kappa shape index (κ3) is 73.5. The molecule has 2 atom stereocenters. The Kier molecular flexibility index (Phi) is 67.0. The lowest BCUT2D eigenvalue weighted by atomic mass is 10.0. The van der Waals surface area contributed by atoms with Crippen molar-refractivity contribution < 1.29 is 42.1 Å². The summed E-state index contributed by atoms with van der Waals surface area (Å²) in [5.74, 6) is -0.827. The highest BCUT2D eigenvalue weighted by Gasteiger charge is 2.22. The maximum absolute atomic E-state index is 12.9. The Morgan fingerprint density at radius 1 is 0.356 bits per heavy atom. The maximum atomic E-state index is 12.9. The fraction of sp³-hybridized carbons (Fsp3) is 0.725. The standard InChI is InChI=1S/C80H140NO8P/c1-6-8-10-12-14-16-18-20-22-24-26-28-30-32-34-35-36-37-38-39-40-41-42-43-44-45-47-49-51-53-55-57-59-61-63-65-67-69-71-73-80(83)89-78(77-88-90(84,85)87-75-74-81(3,4)5)76-86-79(82)72-70-68-66-64-62-60-58-56-54-52-50-48-46-33-31-29-27-25-23-21-19-17-15-13-11-9-7-2/h8,10,14,16,19-22,25-28,32,34,36-37,39-40,42-43,78H,6-7,9,11-13,15,17-18,23-24,29-31,33,35,38,41,44-77H2,1-5H3/b10-8-,16-14-,21-19-,22-20-,27-25-,28-26-,34-32-,37-36-,40-39-,43-42-. The summed E-state index contributed by atoms with van der Waals surface area (Å²) < 4.78 is 34.4. The number of phosphoric acid groups is 1. The molecule has 0 heterocycles. The normalized spacial score (nSPS) is 13.8. The lowest BCUT2D eigenvalue weighted by molar-refractivity contribution is -0.870. The minimum Gasteiger partial charge on any atom is -0.756 e. The highest BCUT2D eigenvalue weighted by Crippen LogP contribution is 2.38. The minimum atomic E-state index is -4.65. The Hall–Kier alpha value is -3.59. The van der Waals surface area contributed by atoms with E-state index in [9.17, 15) is 19.0 Å². The van der Waals surface area contributed by atoms with Gasteiger partial charge in [0.25, 0.3) is 7.82 Å². The summed E-state index contributed by atoms with van der Waals surface area (Å²) in [6.45, 7) is 4.14.